The van der Waals surface area contributed by atoms with E-state index in [4.69, 9.17) is 0 Å². The van der Waals surface area contributed by atoms with Crippen molar-refractivity contribution in [1.82, 2.24) is 4.90 Å². The second-order valence-electron chi connectivity index (χ2n) is 2.36. The van der Waals surface area contributed by atoms with Gasteiger partial charge in [0.2, 0.25) is 5.91 Å². The van der Waals surface area contributed by atoms with Crippen LogP contribution in [-0.2, 0) is 14.6 Å². The van der Waals surface area contributed by atoms with Gasteiger partial charge in [0.15, 0.2) is 9.84 Å². The Morgan fingerprint density at radius 3 is 2.55 bits per heavy atom. The average Bonchev–Trinajstić information content (AvgIpc) is 1.86. The topological polar surface area (TPSA) is 54.5 Å². The molecule has 1 amide bonds. The maximum absolute atomic E-state index is 10.8. The number of amides is 1. The van der Waals surface area contributed by atoms with E-state index in [1.807, 2.05) is 0 Å². The summed E-state index contributed by atoms with van der Waals surface area (Å²) >= 11 is 0. The zero-order valence-corrected chi connectivity index (χ0v) is 6.97. The molecule has 0 saturated heterocycles. The Bertz CT molecular complexity index is 291. The number of hydrogen-bond donors (Lipinski definition) is 0. The lowest BCUT2D eigenvalue weighted by molar-refractivity contribution is -0.126. The first-order valence-electron chi connectivity index (χ1n) is 3.19. The molecule has 1 aliphatic heterocycles. The molecule has 0 bridgehead atoms. The van der Waals surface area contributed by atoms with Crippen LogP contribution in [0.15, 0.2) is 11.6 Å². The highest BCUT2D eigenvalue weighted by Crippen LogP contribution is 2.04. The maximum Gasteiger partial charge on any atom is 0.223 e. The lowest BCUT2D eigenvalue weighted by Gasteiger charge is -2.18. The molecule has 0 radical (unpaired) electrons. The number of hydrogen-bond acceptors (Lipinski definition) is 3. The third-order valence-corrected chi connectivity index (χ3v) is 2.76. The fourth-order valence-corrected chi connectivity index (χ4v) is 1.72. The zero-order valence-electron chi connectivity index (χ0n) is 6.15. The standard InChI is InChI=1S/C6H9NO3S/c1-6(8)7-2-4-11(9,10)5-3-7/h2,4H,3,5H2,1H3. The molecule has 0 aromatic rings. The summed E-state index contributed by atoms with van der Waals surface area (Å²) in [5.41, 5.74) is 0. The van der Waals surface area contributed by atoms with Gasteiger partial charge in [0.05, 0.1) is 5.75 Å². The Morgan fingerprint density at radius 1 is 1.55 bits per heavy atom. The molecule has 0 atom stereocenters. The Kier molecular flexibility index (Phi) is 1.99. The van der Waals surface area contributed by atoms with E-state index in [1.165, 1.54) is 18.0 Å². The quantitative estimate of drug-likeness (QED) is 0.509. The summed E-state index contributed by atoms with van der Waals surface area (Å²) in [4.78, 5) is 12.1. The molecule has 0 spiro atoms. The van der Waals surface area contributed by atoms with E-state index in [1.54, 1.807) is 0 Å². The molecule has 0 fully saturated rings. The van der Waals surface area contributed by atoms with Crippen LogP contribution in [0.4, 0.5) is 0 Å². The van der Waals surface area contributed by atoms with E-state index in [9.17, 15) is 13.2 Å². The average molecular weight is 175 g/mol. The van der Waals surface area contributed by atoms with Crippen molar-refractivity contribution in [2.75, 3.05) is 12.3 Å². The molecule has 4 nitrogen and oxygen atoms in total. The van der Waals surface area contributed by atoms with Crippen LogP contribution in [0.5, 0.6) is 0 Å². The van der Waals surface area contributed by atoms with E-state index >= 15 is 0 Å². The van der Waals surface area contributed by atoms with Gasteiger partial charge in [-0.05, 0) is 0 Å². The van der Waals surface area contributed by atoms with Crippen LogP contribution in [-0.4, -0.2) is 31.5 Å². The van der Waals surface area contributed by atoms with Gasteiger partial charge in [-0.15, -0.1) is 0 Å². The molecule has 0 N–H and O–H groups in total. The zero-order chi connectivity index (χ0) is 8.48. The molecule has 0 aromatic carbocycles. The van der Waals surface area contributed by atoms with E-state index in [2.05, 4.69) is 0 Å². The fraction of sp³-hybridized carbons (Fsp3) is 0.500. The van der Waals surface area contributed by atoms with Crippen LogP contribution in [0.1, 0.15) is 6.92 Å². The number of sulfone groups is 1. The van der Waals surface area contributed by atoms with Crippen molar-refractivity contribution in [2.45, 2.75) is 6.92 Å². The molecule has 0 aliphatic carbocycles. The minimum Gasteiger partial charge on any atom is -0.318 e. The third kappa shape index (κ3) is 2.04. The van der Waals surface area contributed by atoms with Crippen LogP contribution < -0.4 is 0 Å². The van der Waals surface area contributed by atoms with Crippen LogP contribution in [0.25, 0.3) is 0 Å². The molecule has 0 unspecified atom stereocenters. The third-order valence-electron chi connectivity index (χ3n) is 1.47. The van der Waals surface area contributed by atoms with Gasteiger partial charge in [0.25, 0.3) is 0 Å². The first kappa shape index (κ1) is 8.26. The van der Waals surface area contributed by atoms with Crippen molar-refractivity contribution in [1.29, 1.82) is 0 Å². The second kappa shape index (κ2) is 2.65. The minimum absolute atomic E-state index is 0.0308. The van der Waals surface area contributed by atoms with Gasteiger partial charge in [0, 0.05) is 25.1 Å². The van der Waals surface area contributed by atoms with Gasteiger partial charge in [-0.25, -0.2) is 8.42 Å². The lowest BCUT2D eigenvalue weighted by atomic mass is 10.5. The summed E-state index contributed by atoms with van der Waals surface area (Å²) in [6.45, 7) is 1.68. The van der Waals surface area contributed by atoms with Crippen LogP contribution in [0.2, 0.25) is 0 Å². The first-order valence-corrected chi connectivity index (χ1v) is 4.91. The lowest BCUT2D eigenvalue weighted by Crippen LogP contribution is -2.31. The van der Waals surface area contributed by atoms with Gasteiger partial charge in [-0.1, -0.05) is 0 Å². The summed E-state index contributed by atoms with van der Waals surface area (Å²) in [7, 11) is -3.02. The molecule has 11 heavy (non-hydrogen) atoms. The SMILES string of the molecule is CC(=O)N1C=CS(=O)(=O)CC1. The molecular formula is C6H9NO3S. The van der Waals surface area contributed by atoms with E-state index in [0.29, 0.717) is 0 Å². The van der Waals surface area contributed by atoms with E-state index in [-0.39, 0.29) is 18.2 Å². The highest BCUT2D eigenvalue weighted by molar-refractivity contribution is 7.94. The van der Waals surface area contributed by atoms with Crippen molar-refractivity contribution < 1.29 is 13.2 Å². The Balaban J connectivity index is 2.79. The van der Waals surface area contributed by atoms with Crippen molar-refractivity contribution in [3.8, 4) is 0 Å². The molecule has 1 heterocycles. The van der Waals surface area contributed by atoms with Crippen molar-refractivity contribution in [3.63, 3.8) is 0 Å². The van der Waals surface area contributed by atoms with Gasteiger partial charge in [-0.2, -0.15) is 0 Å². The van der Waals surface area contributed by atoms with E-state index in [0.717, 1.165) is 5.41 Å². The Labute approximate surface area is 65.4 Å². The van der Waals surface area contributed by atoms with Crippen molar-refractivity contribution >= 4 is 15.7 Å². The van der Waals surface area contributed by atoms with Crippen LogP contribution in [0, 0.1) is 0 Å². The predicted molar refractivity (Wildman–Crippen MR) is 40.3 cm³/mol. The molecule has 1 rings (SSSR count). The molecular weight excluding hydrogens is 166 g/mol. The van der Waals surface area contributed by atoms with Gasteiger partial charge in [-0.3, -0.25) is 4.79 Å². The second-order valence-corrected chi connectivity index (χ2v) is 4.37. The van der Waals surface area contributed by atoms with Crippen molar-refractivity contribution in [2.24, 2.45) is 0 Å². The highest BCUT2D eigenvalue weighted by atomic mass is 32.2. The predicted octanol–water partition coefficient (Wildman–Crippen LogP) is -0.265. The molecule has 0 saturated carbocycles. The summed E-state index contributed by atoms with van der Waals surface area (Å²) in [6, 6.07) is 0. The normalized spacial score (nSPS) is 21.7. The maximum atomic E-state index is 10.8. The number of rotatable bonds is 0. The van der Waals surface area contributed by atoms with Gasteiger partial charge >= 0.3 is 0 Å². The number of nitrogens with zero attached hydrogens (tertiary/aromatic N) is 1. The monoisotopic (exact) mass is 175 g/mol. The summed E-state index contributed by atoms with van der Waals surface area (Å²) in [6.07, 6.45) is 1.31. The Morgan fingerprint density at radius 2 is 2.18 bits per heavy atom. The van der Waals surface area contributed by atoms with Crippen molar-refractivity contribution in [3.05, 3.63) is 11.6 Å². The molecule has 0 aromatic heterocycles. The van der Waals surface area contributed by atoms with Crippen LogP contribution >= 0.6 is 0 Å². The van der Waals surface area contributed by atoms with Gasteiger partial charge < -0.3 is 4.90 Å². The van der Waals surface area contributed by atoms with Gasteiger partial charge in [0.1, 0.15) is 0 Å². The minimum atomic E-state index is -3.02. The largest absolute Gasteiger partial charge is 0.318 e. The Hall–Kier alpha value is -0.840. The first-order chi connectivity index (χ1) is 5.01. The summed E-state index contributed by atoms with van der Waals surface area (Å²) in [5.74, 6) is -0.0977. The van der Waals surface area contributed by atoms with E-state index < -0.39 is 9.84 Å². The summed E-state index contributed by atoms with van der Waals surface area (Å²) < 4.78 is 21.6. The highest BCUT2D eigenvalue weighted by Gasteiger charge is 2.16. The fourth-order valence-electron chi connectivity index (χ4n) is 0.797. The summed E-state index contributed by atoms with van der Waals surface area (Å²) in [5, 5.41) is 1.07. The number of carbonyl (C=O) groups is 1. The molecule has 5 heteroatoms. The van der Waals surface area contributed by atoms with Crippen LogP contribution in [0.3, 0.4) is 0 Å². The molecule has 1 aliphatic rings. The number of carbonyl (C=O) groups excluding carboxylic acids is 1. The smallest absolute Gasteiger partial charge is 0.223 e. The molecule has 62 valence electrons.